The number of carbonyl (C=O) groups is 1. The number of thiazole rings is 1. The summed E-state index contributed by atoms with van der Waals surface area (Å²) in [4.78, 5) is 24.2. The van der Waals surface area contributed by atoms with Crippen molar-refractivity contribution in [1.82, 2.24) is 24.5 Å². The summed E-state index contributed by atoms with van der Waals surface area (Å²) in [6, 6.07) is 2.23. The standard InChI is InChI=1S/C20H22F3N5OS/c1-4-13-9-16(20(21,22)23)28-17(25-13)10-14(26-28)15-7-5-6-8-27(15)19(29)18-11(2)24-12(3)30-18/h9-10,15H,4-8H2,1-3H3. The first-order valence-electron chi connectivity index (χ1n) is 9.90. The number of piperidine rings is 1. The van der Waals surface area contributed by atoms with E-state index in [0.29, 0.717) is 41.3 Å². The highest BCUT2D eigenvalue weighted by Crippen LogP contribution is 2.35. The molecule has 1 saturated heterocycles. The molecule has 1 amide bonds. The van der Waals surface area contributed by atoms with E-state index in [1.807, 2.05) is 6.92 Å². The molecule has 0 spiro atoms. The van der Waals surface area contributed by atoms with Gasteiger partial charge in [-0.25, -0.2) is 14.5 Å². The maximum atomic E-state index is 13.6. The van der Waals surface area contributed by atoms with Crippen LogP contribution >= 0.6 is 11.3 Å². The van der Waals surface area contributed by atoms with Crippen LogP contribution in [0.1, 0.15) is 69.7 Å². The Hall–Kier alpha value is -2.49. The molecule has 0 saturated carbocycles. The Labute approximate surface area is 175 Å². The number of hydrogen-bond acceptors (Lipinski definition) is 5. The van der Waals surface area contributed by atoms with Gasteiger partial charge in [-0.1, -0.05) is 6.92 Å². The largest absolute Gasteiger partial charge is 0.433 e. The third kappa shape index (κ3) is 3.68. The number of aromatic nitrogens is 4. The quantitative estimate of drug-likeness (QED) is 0.593. The molecule has 4 heterocycles. The number of fused-ring (bicyclic) bond motifs is 1. The number of likely N-dealkylation sites (tertiary alicyclic amines) is 1. The van der Waals surface area contributed by atoms with Crippen LogP contribution in [0.3, 0.4) is 0 Å². The van der Waals surface area contributed by atoms with Crippen molar-refractivity contribution in [2.45, 2.75) is 58.7 Å². The topological polar surface area (TPSA) is 63.4 Å². The first-order valence-corrected chi connectivity index (χ1v) is 10.7. The van der Waals surface area contributed by atoms with Crippen LogP contribution in [0.2, 0.25) is 0 Å². The lowest BCUT2D eigenvalue weighted by molar-refractivity contribution is -0.142. The van der Waals surface area contributed by atoms with E-state index in [1.54, 1.807) is 24.8 Å². The van der Waals surface area contributed by atoms with Gasteiger partial charge in [-0.2, -0.15) is 18.3 Å². The zero-order chi connectivity index (χ0) is 21.6. The number of carbonyl (C=O) groups excluding carboxylic acids is 1. The SMILES string of the molecule is CCc1cc(C(F)(F)F)n2nc(C3CCCCN3C(=O)c3sc(C)nc3C)cc2n1. The van der Waals surface area contributed by atoms with Gasteiger partial charge >= 0.3 is 6.18 Å². The minimum absolute atomic E-state index is 0.141. The van der Waals surface area contributed by atoms with Crippen LogP contribution in [0.15, 0.2) is 12.1 Å². The number of hydrogen-bond donors (Lipinski definition) is 0. The highest BCUT2D eigenvalue weighted by Gasteiger charge is 2.37. The number of aryl methyl sites for hydroxylation is 3. The summed E-state index contributed by atoms with van der Waals surface area (Å²) in [6.07, 6.45) is -1.79. The maximum Gasteiger partial charge on any atom is 0.433 e. The van der Waals surface area contributed by atoms with Gasteiger partial charge in [0, 0.05) is 18.3 Å². The Morgan fingerprint density at radius 2 is 2.00 bits per heavy atom. The molecule has 1 atom stereocenters. The van der Waals surface area contributed by atoms with Gasteiger partial charge in [-0.3, -0.25) is 4.79 Å². The van der Waals surface area contributed by atoms with Crippen LogP contribution in [0.5, 0.6) is 0 Å². The molecule has 10 heteroatoms. The first kappa shape index (κ1) is 20.8. The lowest BCUT2D eigenvalue weighted by Crippen LogP contribution is -2.38. The lowest BCUT2D eigenvalue weighted by Gasteiger charge is -2.34. The Balaban J connectivity index is 1.77. The summed E-state index contributed by atoms with van der Waals surface area (Å²) in [6.45, 7) is 5.94. The van der Waals surface area contributed by atoms with E-state index in [9.17, 15) is 18.0 Å². The number of nitrogens with zero attached hydrogens (tertiary/aromatic N) is 5. The molecule has 0 N–H and O–H groups in total. The van der Waals surface area contributed by atoms with E-state index in [-0.39, 0.29) is 17.6 Å². The van der Waals surface area contributed by atoms with Gasteiger partial charge in [0.15, 0.2) is 5.65 Å². The molecule has 1 unspecified atom stereocenters. The summed E-state index contributed by atoms with van der Waals surface area (Å²) < 4.78 is 41.7. The Morgan fingerprint density at radius 3 is 2.63 bits per heavy atom. The van der Waals surface area contributed by atoms with Gasteiger partial charge in [0.1, 0.15) is 10.6 Å². The molecular formula is C20H22F3N5OS. The Morgan fingerprint density at radius 1 is 1.23 bits per heavy atom. The van der Waals surface area contributed by atoms with E-state index in [4.69, 9.17) is 0 Å². The molecule has 1 aliphatic heterocycles. The summed E-state index contributed by atoms with van der Waals surface area (Å²) in [7, 11) is 0. The van der Waals surface area contributed by atoms with Crippen molar-refractivity contribution in [1.29, 1.82) is 0 Å². The molecule has 3 aromatic rings. The fourth-order valence-electron chi connectivity index (χ4n) is 3.93. The predicted molar refractivity (Wildman–Crippen MR) is 107 cm³/mol. The summed E-state index contributed by atoms with van der Waals surface area (Å²) in [5.41, 5.74) is 0.773. The van der Waals surface area contributed by atoms with Crippen molar-refractivity contribution >= 4 is 22.9 Å². The van der Waals surface area contributed by atoms with Crippen molar-refractivity contribution in [3.63, 3.8) is 0 Å². The van der Waals surface area contributed by atoms with E-state index < -0.39 is 11.9 Å². The van der Waals surface area contributed by atoms with Crippen molar-refractivity contribution in [2.24, 2.45) is 0 Å². The summed E-state index contributed by atoms with van der Waals surface area (Å²) in [5, 5.41) is 5.07. The summed E-state index contributed by atoms with van der Waals surface area (Å²) in [5.74, 6) is -0.141. The first-order chi connectivity index (χ1) is 14.2. The normalized spacial score (nSPS) is 17.7. The molecule has 4 rings (SSSR count). The molecule has 3 aromatic heterocycles. The lowest BCUT2D eigenvalue weighted by atomic mass is 9.99. The molecule has 1 aliphatic rings. The fraction of sp³-hybridized carbons (Fsp3) is 0.500. The van der Waals surface area contributed by atoms with Gasteiger partial charge < -0.3 is 4.90 Å². The zero-order valence-corrected chi connectivity index (χ0v) is 17.8. The van der Waals surface area contributed by atoms with Gasteiger partial charge in [0.2, 0.25) is 0 Å². The van der Waals surface area contributed by atoms with Crippen LogP contribution in [-0.2, 0) is 12.6 Å². The van der Waals surface area contributed by atoms with Crippen LogP contribution in [0, 0.1) is 13.8 Å². The number of amides is 1. The molecule has 0 bridgehead atoms. The van der Waals surface area contributed by atoms with Crippen molar-refractivity contribution in [3.8, 4) is 0 Å². The third-order valence-corrected chi connectivity index (χ3v) is 6.42. The average Bonchev–Trinajstić information content (AvgIpc) is 3.28. The van der Waals surface area contributed by atoms with Crippen LogP contribution in [0.4, 0.5) is 13.2 Å². The van der Waals surface area contributed by atoms with E-state index in [0.717, 1.165) is 28.4 Å². The zero-order valence-electron chi connectivity index (χ0n) is 17.0. The van der Waals surface area contributed by atoms with E-state index in [2.05, 4.69) is 15.1 Å². The fourth-order valence-corrected chi connectivity index (χ4v) is 4.81. The smallest absolute Gasteiger partial charge is 0.329 e. The second-order valence-corrected chi connectivity index (χ2v) is 8.68. The van der Waals surface area contributed by atoms with Gasteiger partial charge in [-0.05, 0) is 45.6 Å². The minimum Gasteiger partial charge on any atom is -0.329 e. The molecule has 0 radical (unpaired) electrons. The maximum absolute atomic E-state index is 13.6. The summed E-state index contributed by atoms with van der Waals surface area (Å²) >= 11 is 1.34. The van der Waals surface area contributed by atoms with Crippen LogP contribution < -0.4 is 0 Å². The number of alkyl halides is 3. The number of halogens is 3. The highest BCUT2D eigenvalue weighted by atomic mass is 32.1. The molecular weight excluding hydrogens is 415 g/mol. The monoisotopic (exact) mass is 437 g/mol. The molecule has 0 aromatic carbocycles. The van der Waals surface area contributed by atoms with E-state index >= 15 is 0 Å². The molecule has 160 valence electrons. The molecule has 30 heavy (non-hydrogen) atoms. The van der Waals surface area contributed by atoms with Gasteiger partial charge in [0.05, 0.1) is 22.4 Å². The highest BCUT2D eigenvalue weighted by molar-refractivity contribution is 7.13. The molecule has 1 fully saturated rings. The van der Waals surface area contributed by atoms with Crippen LogP contribution in [0.25, 0.3) is 5.65 Å². The second kappa shape index (κ2) is 7.64. The minimum atomic E-state index is -4.55. The van der Waals surface area contributed by atoms with Crippen molar-refractivity contribution in [3.05, 3.63) is 44.8 Å². The molecule has 6 nitrogen and oxygen atoms in total. The van der Waals surface area contributed by atoms with Crippen molar-refractivity contribution in [2.75, 3.05) is 6.54 Å². The molecule has 0 aliphatic carbocycles. The number of rotatable bonds is 3. The Kier molecular flexibility index (Phi) is 5.29. The van der Waals surface area contributed by atoms with E-state index in [1.165, 1.54) is 11.3 Å². The van der Waals surface area contributed by atoms with Gasteiger partial charge in [0.25, 0.3) is 5.91 Å². The van der Waals surface area contributed by atoms with Gasteiger partial charge in [-0.15, -0.1) is 11.3 Å². The average molecular weight is 437 g/mol. The Bertz CT molecular complexity index is 1100. The predicted octanol–water partition coefficient (Wildman–Crippen LogP) is 4.75. The van der Waals surface area contributed by atoms with Crippen LogP contribution in [-0.4, -0.2) is 36.9 Å². The van der Waals surface area contributed by atoms with Crippen molar-refractivity contribution < 1.29 is 18.0 Å². The third-order valence-electron chi connectivity index (χ3n) is 5.35. The second-order valence-electron chi connectivity index (χ2n) is 7.48.